The highest BCUT2D eigenvalue weighted by Crippen LogP contribution is 2.51. The first-order chi connectivity index (χ1) is 26.7. The minimum Gasteiger partial charge on any atom is -0.497 e. The molecule has 14 heteroatoms. The largest absolute Gasteiger partial charge is 0.497 e. The summed E-state index contributed by atoms with van der Waals surface area (Å²) in [7, 11) is 3.52. The highest BCUT2D eigenvalue weighted by atomic mass is 31.2. The number of hydrogen-bond donors (Lipinski definition) is 1. The van der Waals surface area contributed by atoms with Crippen LogP contribution in [0.2, 0.25) is 0 Å². The molecule has 6 rings (SSSR count). The Balaban J connectivity index is 1.43. The van der Waals surface area contributed by atoms with Gasteiger partial charge >= 0.3 is 0 Å². The smallest absolute Gasteiger partial charge is 0.259 e. The zero-order valence-corrected chi connectivity index (χ0v) is 33.3. The summed E-state index contributed by atoms with van der Waals surface area (Å²) in [5.74, 6) is 2.09. The maximum absolute atomic E-state index is 9.36. The third kappa shape index (κ3) is 8.60. The molecule has 55 heavy (non-hydrogen) atoms. The highest BCUT2D eigenvalue weighted by Gasteiger charge is 2.45. The van der Waals surface area contributed by atoms with Gasteiger partial charge in [-0.15, -0.1) is 0 Å². The summed E-state index contributed by atoms with van der Waals surface area (Å²) in [6.07, 6.45) is 2.44. The van der Waals surface area contributed by atoms with E-state index in [1.54, 1.807) is 27.6 Å². The summed E-state index contributed by atoms with van der Waals surface area (Å²) >= 11 is 0. The minimum absolute atomic E-state index is 0.117. The standard InChI is InChI=1S/C41H50N7O6P/c1-28(2)48(29(3)4)55(52-23-11-22-42)54-35-24-37(47-27-46-38-39(43-5)44-26-45-40(38)47)53-36(35)25-51-41(30-12-9-8-10-13-30,31-14-18-33(49-6)19-15-31)32-16-20-34(50-7)21-17-32/h8-10,12-21,26-29,35-37H,11,23-25H2,1-7H3,(H,43,44,45). The van der Waals surface area contributed by atoms with Crippen molar-refractivity contribution in [3.8, 4) is 17.6 Å². The molecule has 3 aromatic carbocycles. The van der Waals surface area contributed by atoms with E-state index < -0.39 is 32.6 Å². The van der Waals surface area contributed by atoms with E-state index in [-0.39, 0.29) is 31.7 Å². The van der Waals surface area contributed by atoms with E-state index in [4.69, 9.17) is 28.0 Å². The van der Waals surface area contributed by atoms with Gasteiger partial charge in [-0.25, -0.2) is 19.6 Å². The topological polar surface area (TPSA) is 138 Å². The van der Waals surface area contributed by atoms with Gasteiger partial charge < -0.3 is 33.3 Å². The van der Waals surface area contributed by atoms with E-state index in [2.05, 4.69) is 70.8 Å². The van der Waals surface area contributed by atoms with Crippen LogP contribution in [0.25, 0.3) is 11.2 Å². The molecule has 0 spiro atoms. The molecule has 13 nitrogen and oxygen atoms in total. The number of hydrogen-bond acceptors (Lipinski definition) is 12. The van der Waals surface area contributed by atoms with E-state index in [1.807, 2.05) is 71.3 Å². The molecule has 0 amide bonds. The number of nitrogens with one attached hydrogen (secondary N) is 1. The molecule has 1 fully saturated rings. The van der Waals surface area contributed by atoms with Crippen LogP contribution >= 0.6 is 8.53 Å². The van der Waals surface area contributed by atoms with Gasteiger partial charge in [0.25, 0.3) is 8.53 Å². The van der Waals surface area contributed by atoms with E-state index in [9.17, 15) is 5.26 Å². The van der Waals surface area contributed by atoms with E-state index >= 15 is 0 Å². The van der Waals surface area contributed by atoms with Gasteiger partial charge in [0, 0.05) is 25.6 Å². The fourth-order valence-corrected chi connectivity index (χ4v) is 8.83. The average molecular weight is 768 g/mol. The van der Waals surface area contributed by atoms with Crippen LogP contribution in [0.1, 0.15) is 63.5 Å². The second kappa shape index (κ2) is 18.3. The van der Waals surface area contributed by atoms with Crippen molar-refractivity contribution >= 4 is 25.5 Å². The zero-order chi connectivity index (χ0) is 39.0. The van der Waals surface area contributed by atoms with Gasteiger partial charge in [-0.2, -0.15) is 5.26 Å². The lowest BCUT2D eigenvalue weighted by atomic mass is 9.80. The number of imidazole rings is 1. The van der Waals surface area contributed by atoms with Crippen LogP contribution in [-0.2, 0) is 24.1 Å². The molecule has 0 radical (unpaired) electrons. The van der Waals surface area contributed by atoms with Crippen LogP contribution in [0, 0.1) is 11.3 Å². The predicted octanol–water partition coefficient (Wildman–Crippen LogP) is 7.84. The molecule has 1 saturated heterocycles. The fraction of sp³-hybridized carbons (Fsp3) is 0.415. The monoisotopic (exact) mass is 767 g/mol. The van der Waals surface area contributed by atoms with Crippen LogP contribution < -0.4 is 14.8 Å². The molecule has 0 aliphatic carbocycles. The lowest BCUT2D eigenvalue weighted by Crippen LogP contribution is -2.39. The lowest BCUT2D eigenvalue weighted by molar-refractivity contribution is -0.0912. The molecule has 3 heterocycles. The summed E-state index contributed by atoms with van der Waals surface area (Å²) in [5, 5.41) is 12.5. The van der Waals surface area contributed by atoms with Crippen molar-refractivity contribution in [2.75, 3.05) is 39.8 Å². The van der Waals surface area contributed by atoms with Crippen LogP contribution in [0.15, 0.2) is 91.5 Å². The van der Waals surface area contributed by atoms with Gasteiger partial charge in [-0.3, -0.25) is 4.57 Å². The first kappa shape index (κ1) is 40.0. The summed E-state index contributed by atoms with van der Waals surface area (Å²) in [5.41, 5.74) is 2.95. The zero-order valence-electron chi connectivity index (χ0n) is 32.5. The summed E-state index contributed by atoms with van der Waals surface area (Å²) in [6.45, 7) is 8.87. The lowest BCUT2D eigenvalue weighted by Gasteiger charge is -2.39. The van der Waals surface area contributed by atoms with E-state index in [0.717, 1.165) is 28.2 Å². The Hall–Kier alpha value is -4.67. The molecule has 4 unspecified atom stereocenters. The van der Waals surface area contributed by atoms with Crippen LogP contribution in [0.4, 0.5) is 5.82 Å². The highest BCUT2D eigenvalue weighted by molar-refractivity contribution is 7.44. The maximum atomic E-state index is 9.36. The van der Waals surface area contributed by atoms with Gasteiger partial charge in [0.1, 0.15) is 41.3 Å². The number of aromatic nitrogens is 4. The van der Waals surface area contributed by atoms with Crippen molar-refractivity contribution in [2.24, 2.45) is 0 Å². The maximum Gasteiger partial charge on any atom is 0.259 e. The third-order valence-electron chi connectivity index (χ3n) is 9.61. The van der Waals surface area contributed by atoms with Crippen molar-refractivity contribution in [3.05, 3.63) is 108 Å². The SMILES string of the molecule is CNc1ncnc2c1ncn2C1CC(OP(OCCC#N)N(C(C)C)C(C)C)C(COC(c2ccccc2)(c2ccc(OC)cc2)c2ccc(OC)cc2)O1. The Kier molecular flexibility index (Phi) is 13.3. The number of fused-ring (bicyclic) bond motifs is 1. The third-order valence-corrected chi connectivity index (χ3v) is 11.8. The predicted molar refractivity (Wildman–Crippen MR) is 212 cm³/mol. The molecular formula is C41H50N7O6P. The number of methoxy groups -OCH3 is 2. The van der Waals surface area contributed by atoms with Crippen molar-refractivity contribution in [1.29, 1.82) is 5.26 Å². The van der Waals surface area contributed by atoms with Crippen LogP contribution in [0.3, 0.4) is 0 Å². The Morgan fingerprint density at radius 1 is 0.909 bits per heavy atom. The summed E-state index contributed by atoms with van der Waals surface area (Å²) in [6, 6.07) is 28.5. The van der Waals surface area contributed by atoms with Crippen LogP contribution in [0.5, 0.6) is 11.5 Å². The molecule has 0 bridgehead atoms. The van der Waals surface area contributed by atoms with Gasteiger partial charge in [0.15, 0.2) is 11.5 Å². The molecular weight excluding hydrogens is 717 g/mol. The minimum atomic E-state index is -1.59. The fourth-order valence-electron chi connectivity index (χ4n) is 7.07. The quantitative estimate of drug-likeness (QED) is 0.0528. The van der Waals surface area contributed by atoms with Crippen molar-refractivity contribution < 1.29 is 28.0 Å². The molecule has 1 aliphatic heterocycles. The van der Waals surface area contributed by atoms with Gasteiger partial charge in [-0.05, 0) is 68.7 Å². The molecule has 4 atom stereocenters. The number of benzene rings is 3. The second-order valence-electron chi connectivity index (χ2n) is 13.7. The normalized spacial score (nSPS) is 17.9. The van der Waals surface area contributed by atoms with Gasteiger partial charge in [0.05, 0.1) is 52.4 Å². The van der Waals surface area contributed by atoms with Crippen molar-refractivity contribution in [2.45, 2.75) is 76.7 Å². The molecule has 290 valence electrons. The number of anilines is 1. The molecule has 0 saturated carbocycles. The number of nitriles is 1. The molecule has 5 aromatic rings. The number of nitrogens with zero attached hydrogens (tertiary/aromatic N) is 6. The Bertz CT molecular complexity index is 1950. The molecule has 1 aliphatic rings. The Labute approximate surface area is 324 Å². The first-order valence-corrected chi connectivity index (χ1v) is 19.6. The Morgan fingerprint density at radius 3 is 2.09 bits per heavy atom. The molecule has 2 aromatic heterocycles. The van der Waals surface area contributed by atoms with Crippen molar-refractivity contribution in [1.82, 2.24) is 24.2 Å². The number of ether oxygens (including phenoxy) is 4. The van der Waals surface area contributed by atoms with Crippen molar-refractivity contribution in [3.63, 3.8) is 0 Å². The van der Waals surface area contributed by atoms with Gasteiger partial charge in [0.2, 0.25) is 0 Å². The molecule has 1 N–H and O–H groups in total. The summed E-state index contributed by atoms with van der Waals surface area (Å²) in [4.78, 5) is 13.6. The first-order valence-electron chi connectivity index (χ1n) is 18.5. The Morgan fingerprint density at radius 2 is 1.53 bits per heavy atom. The van der Waals surface area contributed by atoms with E-state index in [0.29, 0.717) is 23.4 Å². The summed E-state index contributed by atoms with van der Waals surface area (Å²) < 4.78 is 42.9. The number of rotatable bonds is 18. The van der Waals surface area contributed by atoms with Gasteiger partial charge in [-0.1, -0.05) is 54.6 Å². The van der Waals surface area contributed by atoms with Crippen LogP contribution in [-0.4, -0.2) is 83.0 Å². The average Bonchev–Trinajstić information content (AvgIpc) is 3.82. The van der Waals surface area contributed by atoms with E-state index in [1.165, 1.54) is 6.33 Å². The second-order valence-corrected chi connectivity index (χ2v) is 15.1.